The van der Waals surface area contributed by atoms with Gasteiger partial charge >= 0.3 is 0 Å². The molecular formula is C36H66N6O. The normalized spacial score (nSPS) is 35.0. The molecule has 6 N–H and O–H groups in total. The molecule has 5 rings (SSSR count). The zero-order chi connectivity index (χ0) is 30.6. The van der Waals surface area contributed by atoms with E-state index in [0.29, 0.717) is 24.2 Å². The molecule has 8 atom stereocenters. The van der Waals surface area contributed by atoms with Crippen molar-refractivity contribution in [1.29, 1.82) is 0 Å². The molecule has 0 bridgehead atoms. The predicted octanol–water partition coefficient (Wildman–Crippen LogP) is 5.43. The first-order chi connectivity index (χ1) is 20.8. The first kappa shape index (κ1) is 34.6. The number of hydrogen-bond donors (Lipinski definition) is 5. The minimum Gasteiger partial charge on any atom is -0.353 e. The molecule has 43 heavy (non-hydrogen) atoms. The summed E-state index contributed by atoms with van der Waals surface area (Å²) in [6.07, 6.45) is 22.5. The van der Waals surface area contributed by atoms with Gasteiger partial charge < -0.3 is 21.7 Å². The molecule has 7 heteroatoms. The summed E-state index contributed by atoms with van der Waals surface area (Å²) in [7, 11) is 0. The van der Waals surface area contributed by atoms with Crippen molar-refractivity contribution < 1.29 is 4.79 Å². The predicted molar refractivity (Wildman–Crippen MR) is 181 cm³/mol. The van der Waals surface area contributed by atoms with Crippen LogP contribution in [0.15, 0.2) is 23.3 Å². The van der Waals surface area contributed by atoms with E-state index in [1.807, 2.05) is 6.92 Å². The van der Waals surface area contributed by atoms with Gasteiger partial charge in [0.25, 0.3) is 0 Å². The first-order valence-electron chi connectivity index (χ1n) is 18.2. The largest absolute Gasteiger partial charge is 0.353 e. The molecule has 1 saturated carbocycles. The Bertz CT molecular complexity index is 890. The number of nitrogens with two attached hydrogens (primary N) is 1. The lowest BCUT2D eigenvalue weighted by Gasteiger charge is -2.40. The maximum atomic E-state index is 12.9. The van der Waals surface area contributed by atoms with Crippen LogP contribution in [0.3, 0.4) is 0 Å². The van der Waals surface area contributed by atoms with Gasteiger partial charge in [0.2, 0.25) is 5.91 Å². The van der Waals surface area contributed by atoms with Gasteiger partial charge in [-0.1, -0.05) is 44.4 Å². The van der Waals surface area contributed by atoms with E-state index in [-0.39, 0.29) is 18.0 Å². The van der Waals surface area contributed by atoms with Crippen LogP contribution in [0.25, 0.3) is 0 Å². The maximum absolute atomic E-state index is 12.9. The van der Waals surface area contributed by atoms with Gasteiger partial charge in [-0.15, -0.1) is 0 Å². The molecule has 246 valence electrons. The van der Waals surface area contributed by atoms with Gasteiger partial charge in [-0.3, -0.25) is 15.0 Å². The van der Waals surface area contributed by atoms with Crippen molar-refractivity contribution in [3.63, 3.8) is 0 Å². The number of nitrogens with one attached hydrogen (secondary N) is 4. The average molecular weight is 599 g/mol. The summed E-state index contributed by atoms with van der Waals surface area (Å²) in [6, 6.07) is 0.696. The Balaban J connectivity index is 0.000000215. The minimum atomic E-state index is 0.00613. The van der Waals surface area contributed by atoms with Crippen molar-refractivity contribution in [3.05, 3.63) is 23.3 Å². The van der Waals surface area contributed by atoms with Crippen LogP contribution in [0.5, 0.6) is 0 Å². The van der Waals surface area contributed by atoms with Crippen LogP contribution in [-0.4, -0.2) is 67.9 Å². The Morgan fingerprint density at radius 3 is 2.60 bits per heavy atom. The van der Waals surface area contributed by atoms with Crippen molar-refractivity contribution in [1.82, 2.24) is 26.2 Å². The second-order valence-corrected chi connectivity index (χ2v) is 14.5. The van der Waals surface area contributed by atoms with Gasteiger partial charge in [-0.25, -0.2) is 0 Å². The van der Waals surface area contributed by atoms with Crippen LogP contribution in [0.2, 0.25) is 0 Å². The molecule has 7 nitrogen and oxygen atoms in total. The highest BCUT2D eigenvalue weighted by Gasteiger charge is 2.34. The lowest BCUT2D eigenvalue weighted by atomic mass is 9.82. The molecule has 1 amide bonds. The summed E-state index contributed by atoms with van der Waals surface area (Å²) >= 11 is 0. The fourth-order valence-corrected chi connectivity index (χ4v) is 8.24. The van der Waals surface area contributed by atoms with Gasteiger partial charge in [0.05, 0.1) is 12.3 Å². The van der Waals surface area contributed by atoms with E-state index in [2.05, 4.69) is 59.1 Å². The van der Waals surface area contributed by atoms with E-state index in [9.17, 15) is 4.79 Å². The first-order valence-corrected chi connectivity index (χ1v) is 18.2. The molecular weight excluding hydrogens is 532 g/mol. The van der Waals surface area contributed by atoms with Gasteiger partial charge in [-0.05, 0) is 140 Å². The highest BCUT2D eigenvalue weighted by Crippen LogP contribution is 2.31. The Kier molecular flexibility index (Phi) is 14.5. The summed E-state index contributed by atoms with van der Waals surface area (Å²) in [5.74, 6) is 2.66. The number of allylic oxidation sites excluding steroid dienone is 3. The number of piperidine rings is 3. The van der Waals surface area contributed by atoms with Gasteiger partial charge in [0, 0.05) is 24.5 Å². The zero-order valence-corrected chi connectivity index (χ0v) is 28.1. The molecule has 0 spiro atoms. The molecule has 3 aliphatic heterocycles. The Hall–Kier alpha value is -1.25. The third-order valence-electron chi connectivity index (χ3n) is 10.9. The number of carbonyl (C=O) groups is 1. The molecule has 3 saturated heterocycles. The minimum absolute atomic E-state index is 0.00613. The van der Waals surface area contributed by atoms with Crippen LogP contribution in [0.1, 0.15) is 118 Å². The Morgan fingerprint density at radius 2 is 1.88 bits per heavy atom. The highest BCUT2D eigenvalue weighted by atomic mass is 16.2. The third kappa shape index (κ3) is 11.0. The van der Waals surface area contributed by atoms with Crippen LogP contribution in [0, 0.1) is 23.7 Å². The summed E-state index contributed by atoms with van der Waals surface area (Å²) in [5.41, 5.74) is 9.17. The second kappa shape index (κ2) is 18.0. The lowest BCUT2D eigenvalue weighted by Crippen LogP contribution is -2.55. The zero-order valence-electron chi connectivity index (χ0n) is 28.1. The fraction of sp³-hybridized carbons (Fsp3) is 0.861. The van der Waals surface area contributed by atoms with Gasteiger partial charge in [-0.2, -0.15) is 0 Å². The van der Waals surface area contributed by atoms with Crippen LogP contribution in [0.4, 0.5) is 0 Å². The molecule has 3 heterocycles. The van der Waals surface area contributed by atoms with Crippen LogP contribution in [-0.2, 0) is 4.79 Å². The molecule has 0 radical (unpaired) electrons. The standard InChI is InChI=1S/C20H39N5O.C16H27N/c1-14-6-7-17(13-18(14)23-15(2)21)24-20(26)16-8-9-22-19(12-16)25-10-4-3-5-11-25;1-3-6-14-7-4-8-15(11-13(14)2)16-9-5-10-17-12-16/h14-19,22-23H,3-13,21H2,1-2H3,(H,24,26);8,11,14,16-17H,3-7,9-10,12H2,1-2H3. The molecule has 0 aromatic heterocycles. The molecule has 5 aliphatic rings. The number of likely N-dealkylation sites (tertiary alicyclic amines) is 1. The van der Waals surface area contributed by atoms with Gasteiger partial charge in [0.15, 0.2) is 0 Å². The van der Waals surface area contributed by atoms with E-state index in [0.717, 1.165) is 50.5 Å². The van der Waals surface area contributed by atoms with Crippen molar-refractivity contribution in [2.24, 2.45) is 29.4 Å². The Labute approximate surface area is 264 Å². The number of rotatable bonds is 8. The summed E-state index contributed by atoms with van der Waals surface area (Å²) in [4.78, 5) is 15.5. The van der Waals surface area contributed by atoms with Crippen LogP contribution >= 0.6 is 0 Å². The molecule has 0 aromatic carbocycles. The maximum Gasteiger partial charge on any atom is 0.223 e. The van der Waals surface area contributed by atoms with E-state index >= 15 is 0 Å². The summed E-state index contributed by atoms with van der Waals surface area (Å²) in [6.45, 7) is 14.6. The average Bonchev–Trinajstić information content (AvgIpc) is 3.21. The molecule has 8 unspecified atom stereocenters. The summed E-state index contributed by atoms with van der Waals surface area (Å²) in [5, 5.41) is 14.0. The van der Waals surface area contributed by atoms with Crippen molar-refractivity contribution >= 4 is 5.91 Å². The van der Waals surface area contributed by atoms with Gasteiger partial charge in [0.1, 0.15) is 0 Å². The number of nitrogens with zero attached hydrogens (tertiary/aromatic N) is 1. The number of carbonyl (C=O) groups excluding carboxylic acids is 1. The molecule has 4 fully saturated rings. The van der Waals surface area contributed by atoms with E-state index in [1.165, 1.54) is 84.0 Å². The lowest BCUT2D eigenvalue weighted by molar-refractivity contribution is -0.128. The van der Waals surface area contributed by atoms with Crippen molar-refractivity contribution in [2.45, 2.75) is 142 Å². The molecule has 2 aliphatic carbocycles. The van der Waals surface area contributed by atoms with Crippen molar-refractivity contribution in [3.8, 4) is 0 Å². The number of hydrogen-bond acceptors (Lipinski definition) is 6. The van der Waals surface area contributed by atoms with E-state index < -0.39 is 0 Å². The Morgan fingerprint density at radius 1 is 1.07 bits per heavy atom. The fourth-order valence-electron chi connectivity index (χ4n) is 8.24. The second-order valence-electron chi connectivity index (χ2n) is 14.5. The monoisotopic (exact) mass is 599 g/mol. The van der Waals surface area contributed by atoms with E-state index in [1.54, 1.807) is 11.1 Å². The number of amides is 1. The van der Waals surface area contributed by atoms with Crippen molar-refractivity contribution in [2.75, 3.05) is 32.7 Å². The topological polar surface area (TPSA) is 94.5 Å². The quantitative estimate of drug-likeness (QED) is 0.239. The third-order valence-corrected chi connectivity index (χ3v) is 10.9. The van der Waals surface area contributed by atoms with Crippen LogP contribution < -0.4 is 27.0 Å². The molecule has 0 aromatic rings. The SMILES string of the molecule is CC(N)NC1CC(NC(=O)C2CCNC(N3CCCCC3)C2)CCC1C.CCCC1CCC=C(C2CCCNC2)C=C1C. The highest BCUT2D eigenvalue weighted by molar-refractivity contribution is 5.79. The van der Waals surface area contributed by atoms with E-state index in [4.69, 9.17) is 5.73 Å². The smallest absolute Gasteiger partial charge is 0.223 e. The summed E-state index contributed by atoms with van der Waals surface area (Å²) < 4.78 is 0.